The Balaban J connectivity index is 1.31. The predicted octanol–water partition coefficient (Wildman–Crippen LogP) is 2.48. The minimum Gasteiger partial charge on any atom is -0.454 e. The van der Waals surface area contributed by atoms with E-state index in [2.05, 4.69) is 20.8 Å². The second-order valence-electron chi connectivity index (χ2n) is 6.64. The van der Waals surface area contributed by atoms with Gasteiger partial charge < -0.3 is 24.7 Å². The van der Waals surface area contributed by atoms with Crippen LogP contribution in [0.1, 0.15) is 16.2 Å². The first-order valence-corrected chi connectivity index (χ1v) is 10.3. The zero-order chi connectivity index (χ0) is 22.7. The van der Waals surface area contributed by atoms with Crippen molar-refractivity contribution >= 4 is 29.3 Å². The summed E-state index contributed by atoms with van der Waals surface area (Å²) in [5.74, 6) is -1.23. The molecule has 4 rings (SSSR count). The number of halogens is 2. The number of nitrogens with one attached hydrogen (secondary N) is 2. The van der Waals surface area contributed by atoms with Crippen molar-refractivity contribution in [3.05, 3.63) is 59.4 Å². The van der Waals surface area contributed by atoms with Crippen LogP contribution in [0.4, 0.5) is 14.5 Å². The number of fused-ring (bicyclic) bond motifs is 1. The molecule has 0 bridgehead atoms. The lowest BCUT2D eigenvalue weighted by Gasteiger charge is -2.08. The molecular weight excluding hydrogens is 444 g/mol. The smallest absolute Gasteiger partial charge is 0.251 e. The Morgan fingerprint density at radius 3 is 2.66 bits per heavy atom. The SMILES string of the molecule is Cn1c(CNC(=O)c2ccc3c(c2)OCO3)nnc1SCC(=O)Nc1c(F)cccc1F. The van der Waals surface area contributed by atoms with Gasteiger partial charge in [0.25, 0.3) is 5.91 Å². The number of anilines is 1. The Bertz CT molecular complexity index is 1170. The van der Waals surface area contributed by atoms with E-state index in [4.69, 9.17) is 9.47 Å². The highest BCUT2D eigenvalue weighted by atomic mass is 32.2. The highest BCUT2D eigenvalue weighted by Crippen LogP contribution is 2.32. The van der Waals surface area contributed by atoms with Gasteiger partial charge in [-0.3, -0.25) is 9.59 Å². The molecule has 2 heterocycles. The van der Waals surface area contributed by atoms with Crippen LogP contribution in [0.25, 0.3) is 0 Å². The third-order valence-corrected chi connectivity index (χ3v) is 5.55. The van der Waals surface area contributed by atoms with Crippen molar-refractivity contribution in [2.24, 2.45) is 7.05 Å². The van der Waals surface area contributed by atoms with Crippen molar-refractivity contribution in [1.82, 2.24) is 20.1 Å². The molecule has 3 aromatic rings. The van der Waals surface area contributed by atoms with Gasteiger partial charge in [-0.1, -0.05) is 17.8 Å². The summed E-state index contributed by atoms with van der Waals surface area (Å²) in [7, 11) is 1.68. The van der Waals surface area contributed by atoms with E-state index >= 15 is 0 Å². The van der Waals surface area contributed by atoms with E-state index in [9.17, 15) is 18.4 Å². The number of aromatic nitrogens is 3. The number of ether oxygens (including phenoxy) is 2. The topological polar surface area (TPSA) is 107 Å². The van der Waals surface area contributed by atoms with Gasteiger partial charge >= 0.3 is 0 Å². The van der Waals surface area contributed by atoms with Gasteiger partial charge in [-0.2, -0.15) is 0 Å². The van der Waals surface area contributed by atoms with Gasteiger partial charge in [0.05, 0.1) is 12.3 Å². The van der Waals surface area contributed by atoms with Crippen LogP contribution in [-0.2, 0) is 18.4 Å². The standard InChI is InChI=1S/C20H17F2N5O4S/c1-27-16(8-23-19(29)11-5-6-14-15(7-11)31-10-30-14)25-26-20(27)32-9-17(28)24-18-12(21)3-2-4-13(18)22/h2-7H,8-10H2,1H3,(H,23,29)(H,24,28). The van der Waals surface area contributed by atoms with Crippen LogP contribution in [0.5, 0.6) is 11.5 Å². The molecule has 9 nitrogen and oxygen atoms in total. The van der Waals surface area contributed by atoms with E-state index in [1.807, 2.05) is 0 Å². The molecule has 0 atom stereocenters. The van der Waals surface area contributed by atoms with Gasteiger partial charge in [0.1, 0.15) is 17.3 Å². The van der Waals surface area contributed by atoms with Gasteiger partial charge in [-0.15, -0.1) is 10.2 Å². The number of hydrogen-bond acceptors (Lipinski definition) is 7. The highest BCUT2D eigenvalue weighted by molar-refractivity contribution is 7.99. The van der Waals surface area contributed by atoms with Gasteiger partial charge in [0.2, 0.25) is 12.7 Å². The molecule has 1 aliphatic heterocycles. The molecule has 2 amide bonds. The molecule has 0 aliphatic carbocycles. The van der Waals surface area contributed by atoms with Crippen LogP contribution in [0.15, 0.2) is 41.6 Å². The monoisotopic (exact) mass is 461 g/mol. The average molecular weight is 461 g/mol. The fourth-order valence-corrected chi connectivity index (χ4v) is 3.58. The summed E-state index contributed by atoms with van der Waals surface area (Å²) in [6.07, 6.45) is 0. The van der Waals surface area contributed by atoms with Crippen LogP contribution in [0, 0.1) is 11.6 Å². The molecular formula is C20H17F2N5O4S. The molecule has 0 fully saturated rings. The van der Waals surface area contributed by atoms with Crippen molar-refractivity contribution in [2.45, 2.75) is 11.7 Å². The quantitative estimate of drug-likeness (QED) is 0.521. The molecule has 2 aromatic carbocycles. The fourth-order valence-electron chi connectivity index (χ4n) is 2.85. The first-order chi connectivity index (χ1) is 15.4. The van der Waals surface area contributed by atoms with Crippen molar-refractivity contribution < 1.29 is 27.8 Å². The lowest BCUT2D eigenvalue weighted by Crippen LogP contribution is -2.24. The number of nitrogens with zero attached hydrogens (tertiary/aromatic N) is 3. The summed E-state index contributed by atoms with van der Waals surface area (Å²) >= 11 is 1.04. The number of benzene rings is 2. The van der Waals surface area contributed by atoms with Crippen molar-refractivity contribution in [2.75, 3.05) is 17.9 Å². The Morgan fingerprint density at radius 2 is 1.88 bits per heavy atom. The molecule has 0 radical (unpaired) electrons. The summed E-state index contributed by atoms with van der Waals surface area (Å²) in [5.41, 5.74) is -0.0916. The maximum atomic E-state index is 13.6. The van der Waals surface area contributed by atoms with Crippen molar-refractivity contribution in [3.63, 3.8) is 0 Å². The third-order valence-electron chi connectivity index (χ3n) is 4.53. The molecule has 0 spiro atoms. The summed E-state index contributed by atoms with van der Waals surface area (Å²) in [5, 5.41) is 13.3. The first-order valence-electron chi connectivity index (χ1n) is 9.35. The number of carbonyl (C=O) groups is 2. The Morgan fingerprint density at radius 1 is 1.12 bits per heavy atom. The predicted molar refractivity (Wildman–Crippen MR) is 110 cm³/mol. The van der Waals surface area contributed by atoms with E-state index in [1.165, 1.54) is 6.07 Å². The normalized spacial score (nSPS) is 12.0. The minimum atomic E-state index is -0.859. The molecule has 32 heavy (non-hydrogen) atoms. The summed E-state index contributed by atoms with van der Waals surface area (Å²) in [4.78, 5) is 24.5. The number of thioether (sulfide) groups is 1. The summed E-state index contributed by atoms with van der Waals surface area (Å²) in [6, 6.07) is 8.19. The van der Waals surface area contributed by atoms with Crippen molar-refractivity contribution in [3.8, 4) is 11.5 Å². The molecule has 0 saturated heterocycles. The zero-order valence-corrected chi connectivity index (χ0v) is 17.5. The van der Waals surface area contributed by atoms with Crippen LogP contribution < -0.4 is 20.1 Å². The lowest BCUT2D eigenvalue weighted by atomic mass is 10.2. The Kier molecular flexibility index (Phi) is 6.21. The fraction of sp³-hybridized carbons (Fsp3) is 0.200. The van der Waals surface area contributed by atoms with Crippen LogP contribution >= 0.6 is 11.8 Å². The molecule has 0 unspecified atom stereocenters. The number of amides is 2. The van der Waals surface area contributed by atoms with E-state index in [1.54, 1.807) is 29.8 Å². The van der Waals surface area contributed by atoms with E-state index in [0.29, 0.717) is 28.0 Å². The number of hydrogen-bond donors (Lipinski definition) is 2. The average Bonchev–Trinajstić information content (AvgIpc) is 3.39. The number of carbonyl (C=O) groups excluding carboxylic acids is 2. The maximum absolute atomic E-state index is 13.6. The number of rotatable bonds is 7. The molecule has 0 saturated carbocycles. The van der Waals surface area contributed by atoms with Gasteiger partial charge in [-0.25, -0.2) is 8.78 Å². The second kappa shape index (κ2) is 9.22. The summed E-state index contributed by atoms with van der Waals surface area (Å²) in [6.45, 7) is 0.219. The maximum Gasteiger partial charge on any atom is 0.251 e. The van der Waals surface area contributed by atoms with Crippen LogP contribution in [-0.4, -0.2) is 39.1 Å². The Labute approximate surface area is 185 Å². The molecule has 1 aliphatic rings. The molecule has 12 heteroatoms. The van der Waals surface area contributed by atoms with E-state index in [-0.39, 0.29) is 25.0 Å². The van der Waals surface area contributed by atoms with Gasteiger partial charge in [0, 0.05) is 12.6 Å². The van der Waals surface area contributed by atoms with Crippen LogP contribution in [0.2, 0.25) is 0 Å². The number of para-hydroxylation sites is 1. The summed E-state index contributed by atoms with van der Waals surface area (Å²) < 4.78 is 39.4. The lowest BCUT2D eigenvalue weighted by molar-refractivity contribution is -0.113. The van der Waals surface area contributed by atoms with Gasteiger partial charge in [0.15, 0.2) is 22.5 Å². The first kappa shape index (κ1) is 21.6. The van der Waals surface area contributed by atoms with Gasteiger partial charge in [-0.05, 0) is 30.3 Å². The second-order valence-corrected chi connectivity index (χ2v) is 7.58. The molecule has 2 N–H and O–H groups in total. The zero-order valence-electron chi connectivity index (χ0n) is 16.7. The third kappa shape index (κ3) is 4.64. The molecule has 1 aromatic heterocycles. The van der Waals surface area contributed by atoms with Crippen molar-refractivity contribution in [1.29, 1.82) is 0 Å². The largest absolute Gasteiger partial charge is 0.454 e. The Hall–Kier alpha value is -3.67. The minimum absolute atomic E-state index is 0.101. The van der Waals surface area contributed by atoms with E-state index in [0.717, 1.165) is 23.9 Å². The van der Waals surface area contributed by atoms with Crippen LogP contribution in [0.3, 0.4) is 0 Å². The molecule has 166 valence electrons. The highest BCUT2D eigenvalue weighted by Gasteiger charge is 2.18. The van der Waals surface area contributed by atoms with E-state index < -0.39 is 23.2 Å².